The molecule has 1 atom stereocenters. The van der Waals surface area contributed by atoms with Gasteiger partial charge in [-0.15, -0.1) is 0 Å². The number of alkyl halides is 3. The van der Waals surface area contributed by atoms with Gasteiger partial charge in [0.25, 0.3) is 0 Å². The minimum atomic E-state index is -4.64. The first-order chi connectivity index (χ1) is 18.7. The second kappa shape index (κ2) is 10.5. The zero-order chi connectivity index (χ0) is 27.7. The van der Waals surface area contributed by atoms with Crippen LogP contribution in [0.15, 0.2) is 65.7 Å². The molecule has 3 aromatic rings. The quantitative estimate of drug-likeness (QED) is 0.308. The number of hydrogen-bond donors (Lipinski definition) is 2. The highest BCUT2D eigenvalue weighted by Gasteiger charge is 2.39. The fourth-order valence-electron chi connectivity index (χ4n) is 5.06. The normalized spacial score (nSPS) is 17.5. The lowest BCUT2D eigenvalue weighted by molar-refractivity contribution is -0.137. The second-order valence-electron chi connectivity index (χ2n) is 9.29. The average molecular weight is 542 g/mol. The van der Waals surface area contributed by atoms with Gasteiger partial charge in [-0.25, -0.2) is 9.38 Å². The fourth-order valence-corrected chi connectivity index (χ4v) is 5.06. The van der Waals surface area contributed by atoms with Gasteiger partial charge in [0.2, 0.25) is 5.96 Å². The molecule has 204 valence electrons. The number of phenolic OH excluding ortho intramolecular Hbond substituents is 1. The molecule has 11 heteroatoms. The summed E-state index contributed by atoms with van der Waals surface area (Å²) < 4.78 is 61.3. The number of ether oxygens (including phenoxy) is 1. The zero-order valence-corrected chi connectivity index (χ0v) is 21.1. The van der Waals surface area contributed by atoms with Crippen LogP contribution in [-0.2, 0) is 6.18 Å². The molecule has 0 aromatic heterocycles. The third kappa shape index (κ3) is 5.08. The van der Waals surface area contributed by atoms with E-state index in [2.05, 4.69) is 9.89 Å². The Hall–Kier alpha value is -4.28. The number of nitrogens with zero attached hydrogens (tertiary/aromatic N) is 4. The molecule has 2 N–H and O–H groups in total. The summed E-state index contributed by atoms with van der Waals surface area (Å²) in [6.45, 7) is 2.00. The average Bonchev–Trinajstić information content (AvgIpc) is 2.93. The lowest BCUT2D eigenvalue weighted by Gasteiger charge is -2.45. The van der Waals surface area contributed by atoms with Crippen molar-refractivity contribution >= 4 is 29.2 Å². The van der Waals surface area contributed by atoms with Crippen molar-refractivity contribution in [2.45, 2.75) is 18.6 Å². The maximum absolute atomic E-state index is 15.0. The van der Waals surface area contributed by atoms with Crippen molar-refractivity contribution in [3.8, 4) is 11.5 Å². The topological polar surface area (TPSA) is 75.4 Å². The number of hydrogen-bond acceptors (Lipinski definition) is 7. The summed E-state index contributed by atoms with van der Waals surface area (Å²) in [6, 6.07) is 14.0. The van der Waals surface area contributed by atoms with Crippen molar-refractivity contribution in [1.29, 1.82) is 5.41 Å². The van der Waals surface area contributed by atoms with Gasteiger partial charge in [0.15, 0.2) is 0 Å². The minimum absolute atomic E-state index is 0.0644. The van der Waals surface area contributed by atoms with Gasteiger partial charge in [-0.3, -0.25) is 0 Å². The van der Waals surface area contributed by atoms with Gasteiger partial charge in [0, 0.05) is 49.9 Å². The summed E-state index contributed by atoms with van der Waals surface area (Å²) >= 11 is 0. The number of piperazine rings is 1. The minimum Gasteiger partial charge on any atom is -0.506 e. The monoisotopic (exact) mass is 541 g/mol. The van der Waals surface area contributed by atoms with Crippen LogP contribution in [0.5, 0.6) is 11.5 Å². The van der Waals surface area contributed by atoms with E-state index in [1.54, 1.807) is 13.2 Å². The number of aliphatic imine (C=N–C) groups is 1. The summed E-state index contributed by atoms with van der Waals surface area (Å²) in [6.07, 6.45) is -3.45. The van der Waals surface area contributed by atoms with E-state index >= 15 is 0 Å². The van der Waals surface area contributed by atoms with E-state index < -0.39 is 23.6 Å². The van der Waals surface area contributed by atoms with Crippen LogP contribution in [-0.4, -0.2) is 55.5 Å². The predicted octanol–water partition coefficient (Wildman–Crippen LogP) is 5.97. The number of nitrogens with one attached hydrogen (secondary N) is 1. The highest BCUT2D eigenvalue weighted by atomic mass is 19.4. The summed E-state index contributed by atoms with van der Waals surface area (Å²) in [5.41, 5.74) is 0.424. The number of aromatic hydroxyl groups is 1. The van der Waals surface area contributed by atoms with Gasteiger partial charge in [-0.05, 0) is 42.6 Å². The van der Waals surface area contributed by atoms with E-state index in [1.807, 2.05) is 29.2 Å². The lowest BCUT2D eigenvalue weighted by atomic mass is 9.97. The molecule has 7 nitrogen and oxygen atoms in total. The van der Waals surface area contributed by atoms with Crippen LogP contribution in [0, 0.1) is 11.2 Å². The van der Waals surface area contributed by atoms with Crippen molar-refractivity contribution < 1.29 is 27.4 Å². The molecule has 0 bridgehead atoms. The third-order valence-corrected chi connectivity index (χ3v) is 7.00. The van der Waals surface area contributed by atoms with E-state index in [9.17, 15) is 22.7 Å². The Morgan fingerprint density at radius 1 is 1.03 bits per heavy atom. The van der Waals surface area contributed by atoms with Gasteiger partial charge in [-0.1, -0.05) is 18.2 Å². The molecule has 2 aliphatic rings. The maximum Gasteiger partial charge on any atom is 0.416 e. The second-order valence-corrected chi connectivity index (χ2v) is 9.29. The van der Waals surface area contributed by atoms with Crippen LogP contribution >= 0.6 is 0 Å². The molecule has 2 aliphatic heterocycles. The molecule has 0 radical (unpaired) electrons. The molecule has 0 spiro atoms. The number of guanidine groups is 1. The van der Waals surface area contributed by atoms with Gasteiger partial charge < -0.3 is 30.0 Å². The smallest absolute Gasteiger partial charge is 0.416 e. The Labute approximate surface area is 223 Å². The number of fused-ring (bicyclic) bond motifs is 1. The van der Waals surface area contributed by atoms with E-state index in [-0.39, 0.29) is 29.5 Å². The molecular formula is C28H27F4N5O2. The van der Waals surface area contributed by atoms with E-state index in [1.165, 1.54) is 17.0 Å². The standard InChI is InChI=1S/C28H27F4N5O2/c1-39-20-5-2-4-19(17-20)35-12-14-36(15-13-35)27-34-26-21(6-3-7-22(26)29)23(10-11-33)37(27)24-16-18(28(30,31)32)8-9-25(24)38/h2-9,11,16-17,23,33,38H,10,12-15H2,1H3. The van der Waals surface area contributed by atoms with Crippen LogP contribution < -0.4 is 14.5 Å². The predicted molar refractivity (Wildman–Crippen MR) is 142 cm³/mol. The Morgan fingerprint density at radius 2 is 1.74 bits per heavy atom. The van der Waals surface area contributed by atoms with Crippen molar-refractivity contribution in [3.05, 3.63) is 77.6 Å². The highest BCUT2D eigenvalue weighted by Crippen LogP contribution is 2.45. The maximum atomic E-state index is 15.0. The van der Waals surface area contributed by atoms with Crippen LogP contribution in [0.3, 0.4) is 0 Å². The lowest BCUT2D eigenvalue weighted by Crippen LogP contribution is -2.55. The Balaban J connectivity index is 1.57. The Kier molecular flexibility index (Phi) is 7.07. The van der Waals surface area contributed by atoms with Crippen molar-refractivity contribution in [3.63, 3.8) is 0 Å². The van der Waals surface area contributed by atoms with Gasteiger partial charge in [0.05, 0.1) is 24.4 Å². The van der Waals surface area contributed by atoms with Crippen LogP contribution in [0.4, 0.5) is 34.6 Å². The van der Waals surface area contributed by atoms with Crippen molar-refractivity contribution in [1.82, 2.24) is 4.90 Å². The summed E-state index contributed by atoms with van der Waals surface area (Å²) in [7, 11) is 1.59. The first-order valence-corrected chi connectivity index (χ1v) is 12.4. The molecule has 0 saturated carbocycles. The molecule has 2 heterocycles. The molecule has 1 saturated heterocycles. The molecule has 0 aliphatic carbocycles. The van der Waals surface area contributed by atoms with E-state index in [0.717, 1.165) is 35.9 Å². The third-order valence-electron chi connectivity index (χ3n) is 7.00. The molecule has 5 rings (SSSR count). The van der Waals surface area contributed by atoms with Crippen LogP contribution in [0.1, 0.15) is 23.6 Å². The molecule has 0 amide bonds. The Morgan fingerprint density at radius 3 is 2.44 bits per heavy atom. The fraction of sp³-hybridized carbons (Fsp3) is 0.286. The number of benzene rings is 3. The number of rotatable bonds is 5. The summed E-state index contributed by atoms with van der Waals surface area (Å²) in [5, 5.41) is 18.6. The molecule has 3 aromatic carbocycles. The van der Waals surface area contributed by atoms with Crippen LogP contribution in [0.2, 0.25) is 0 Å². The number of para-hydroxylation sites is 1. The summed E-state index contributed by atoms with van der Waals surface area (Å²) in [5.74, 6) is 0.00202. The van der Waals surface area contributed by atoms with Crippen LogP contribution in [0.25, 0.3) is 0 Å². The first-order valence-electron chi connectivity index (χ1n) is 12.4. The SMILES string of the molecule is COc1cccc(N2CCN(C3=Nc4c(F)cccc4C(CC=N)N3c3cc(C(F)(F)F)ccc3O)CC2)c1. The number of anilines is 2. The molecule has 1 fully saturated rings. The number of methoxy groups -OCH3 is 1. The van der Waals surface area contributed by atoms with Gasteiger partial charge >= 0.3 is 6.18 Å². The largest absolute Gasteiger partial charge is 0.506 e. The highest BCUT2D eigenvalue weighted by molar-refractivity contribution is 6.02. The number of phenols is 1. The zero-order valence-electron chi connectivity index (χ0n) is 21.1. The van der Waals surface area contributed by atoms with Crippen molar-refractivity contribution in [2.24, 2.45) is 4.99 Å². The van der Waals surface area contributed by atoms with Crippen molar-refractivity contribution in [2.75, 3.05) is 43.1 Å². The Bertz CT molecular complexity index is 1400. The van der Waals surface area contributed by atoms with E-state index in [4.69, 9.17) is 10.1 Å². The van der Waals surface area contributed by atoms with Gasteiger partial charge in [0.1, 0.15) is 23.0 Å². The molecular weight excluding hydrogens is 514 g/mol. The molecule has 39 heavy (non-hydrogen) atoms. The van der Waals surface area contributed by atoms with E-state index in [0.29, 0.717) is 31.7 Å². The summed E-state index contributed by atoms with van der Waals surface area (Å²) in [4.78, 5) is 10.1. The first kappa shape index (κ1) is 26.3. The number of halogens is 4. The molecule has 1 unspecified atom stereocenters. The van der Waals surface area contributed by atoms with Gasteiger partial charge in [-0.2, -0.15) is 13.2 Å².